The fourth-order valence-corrected chi connectivity index (χ4v) is 0.980. The first-order chi connectivity index (χ1) is 5.74. The number of unbranched alkanes of at least 4 members (excludes halogenated alkanes) is 1. The van der Waals surface area contributed by atoms with Crippen LogP contribution in [0.5, 0.6) is 0 Å². The molecule has 70 valence electrons. The Labute approximate surface area is 74.6 Å². The molecule has 0 aromatic heterocycles. The van der Waals surface area contributed by atoms with E-state index in [0.717, 1.165) is 19.3 Å². The molecule has 0 aliphatic rings. The molecule has 0 N–H and O–H groups in total. The van der Waals surface area contributed by atoms with E-state index in [0.29, 0.717) is 0 Å². The number of hydrogen-bond acceptors (Lipinski definition) is 2. The zero-order valence-corrected chi connectivity index (χ0v) is 8.22. The highest BCUT2D eigenvalue weighted by molar-refractivity contribution is 5.82. The zero-order chi connectivity index (χ0) is 9.40. The molecule has 12 heavy (non-hydrogen) atoms. The van der Waals surface area contributed by atoms with Gasteiger partial charge in [0.2, 0.25) is 0 Å². The average molecular weight is 170 g/mol. The molecule has 2 nitrogen and oxygen atoms in total. The third kappa shape index (κ3) is 4.94. The normalized spacial score (nSPS) is 11.4. The summed E-state index contributed by atoms with van der Waals surface area (Å²) in [6, 6.07) is 0. The minimum absolute atomic E-state index is 0.233. The van der Waals surface area contributed by atoms with E-state index in [1.165, 1.54) is 19.1 Å². The number of rotatable bonds is 5. The van der Waals surface area contributed by atoms with Crippen molar-refractivity contribution in [3.8, 4) is 0 Å². The number of carbonyl (C=O) groups is 1. The van der Waals surface area contributed by atoms with Crippen LogP contribution in [-0.4, -0.2) is 13.1 Å². The molecule has 0 amide bonds. The SMILES string of the molecule is CCCC/C(=C/C(=O)OC)CC. The Morgan fingerprint density at radius 1 is 1.42 bits per heavy atom. The predicted molar refractivity (Wildman–Crippen MR) is 49.9 cm³/mol. The number of allylic oxidation sites excluding steroid dienone is 1. The van der Waals surface area contributed by atoms with Gasteiger partial charge in [0.05, 0.1) is 7.11 Å². The number of hydrogen-bond donors (Lipinski definition) is 0. The Kier molecular flexibility index (Phi) is 6.44. The van der Waals surface area contributed by atoms with Crippen molar-refractivity contribution >= 4 is 5.97 Å². The van der Waals surface area contributed by atoms with Crippen LogP contribution in [-0.2, 0) is 9.53 Å². The van der Waals surface area contributed by atoms with Gasteiger partial charge in [0.25, 0.3) is 0 Å². The van der Waals surface area contributed by atoms with Crippen molar-refractivity contribution in [3.05, 3.63) is 11.6 Å². The first-order valence-electron chi connectivity index (χ1n) is 4.52. The maximum absolute atomic E-state index is 10.8. The van der Waals surface area contributed by atoms with Gasteiger partial charge in [-0.05, 0) is 19.3 Å². The molecule has 0 unspecified atom stereocenters. The van der Waals surface area contributed by atoms with Gasteiger partial charge in [0, 0.05) is 6.08 Å². The van der Waals surface area contributed by atoms with Crippen molar-refractivity contribution in [1.29, 1.82) is 0 Å². The molecule has 0 spiro atoms. The molecule has 0 heterocycles. The van der Waals surface area contributed by atoms with Gasteiger partial charge in [-0.3, -0.25) is 0 Å². The predicted octanol–water partition coefficient (Wildman–Crippen LogP) is 2.69. The summed E-state index contributed by atoms with van der Waals surface area (Å²) in [6.07, 6.45) is 5.88. The molecule has 0 rings (SSSR count). The molecule has 0 radical (unpaired) electrons. The Morgan fingerprint density at radius 2 is 2.08 bits per heavy atom. The summed E-state index contributed by atoms with van der Waals surface area (Å²) in [6.45, 7) is 4.20. The van der Waals surface area contributed by atoms with Gasteiger partial charge >= 0.3 is 5.97 Å². The first-order valence-corrected chi connectivity index (χ1v) is 4.52. The molecule has 0 atom stereocenters. The Hall–Kier alpha value is -0.790. The molecule has 0 saturated carbocycles. The number of ether oxygens (including phenoxy) is 1. The molecule has 0 bridgehead atoms. The number of carbonyl (C=O) groups excluding carboxylic acids is 1. The van der Waals surface area contributed by atoms with Crippen molar-refractivity contribution in [1.82, 2.24) is 0 Å². The number of methoxy groups -OCH3 is 1. The summed E-state index contributed by atoms with van der Waals surface area (Å²) >= 11 is 0. The summed E-state index contributed by atoms with van der Waals surface area (Å²) in [5.41, 5.74) is 1.18. The topological polar surface area (TPSA) is 26.3 Å². The molecular formula is C10H18O2. The average Bonchev–Trinajstić information content (AvgIpc) is 2.11. The quantitative estimate of drug-likeness (QED) is 0.468. The van der Waals surface area contributed by atoms with Crippen molar-refractivity contribution in [2.45, 2.75) is 39.5 Å². The summed E-state index contributed by atoms with van der Waals surface area (Å²) in [7, 11) is 1.41. The summed E-state index contributed by atoms with van der Waals surface area (Å²) in [5, 5.41) is 0. The van der Waals surface area contributed by atoms with Crippen molar-refractivity contribution in [2.75, 3.05) is 7.11 Å². The largest absolute Gasteiger partial charge is 0.466 e. The Balaban J connectivity index is 3.94. The van der Waals surface area contributed by atoms with Crippen LogP contribution in [0, 0.1) is 0 Å². The van der Waals surface area contributed by atoms with Gasteiger partial charge in [-0.1, -0.05) is 25.8 Å². The molecule has 0 aliphatic heterocycles. The Morgan fingerprint density at radius 3 is 2.50 bits per heavy atom. The van der Waals surface area contributed by atoms with E-state index in [9.17, 15) is 4.79 Å². The van der Waals surface area contributed by atoms with Gasteiger partial charge in [-0.2, -0.15) is 0 Å². The lowest BCUT2D eigenvalue weighted by Gasteiger charge is -2.01. The second kappa shape index (κ2) is 6.89. The van der Waals surface area contributed by atoms with E-state index in [1.54, 1.807) is 6.08 Å². The first kappa shape index (κ1) is 11.2. The van der Waals surface area contributed by atoms with Crippen LogP contribution < -0.4 is 0 Å². The van der Waals surface area contributed by atoms with Crippen molar-refractivity contribution < 1.29 is 9.53 Å². The van der Waals surface area contributed by atoms with Crippen molar-refractivity contribution in [3.63, 3.8) is 0 Å². The summed E-state index contributed by atoms with van der Waals surface area (Å²) < 4.78 is 4.55. The fraction of sp³-hybridized carbons (Fsp3) is 0.700. The van der Waals surface area contributed by atoms with E-state index in [2.05, 4.69) is 18.6 Å². The van der Waals surface area contributed by atoms with E-state index in [4.69, 9.17) is 0 Å². The van der Waals surface area contributed by atoms with E-state index < -0.39 is 0 Å². The molecule has 2 heteroatoms. The van der Waals surface area contributed by atoms with E-state index >= 15 is 0 Å². The van der Waals surface area contributed by atoms with Gasteiger partial charge in [0.1, 0.15) is 0 Å². The lowest BCUT2D eigenvalue weighted by atomic mass is 10.1. The highest BCUT2D eigenvalue weighted by atomic mass is 16.5. The highest BCUT2D eigenvalue weighted by Crippen LogP contribution is 2.10. The van der Waals surface area contributed by atoms with Crippen LogP contribution in [0.25, 0.3) is 0 Å². The van der Waals surface area contributed by atoms with E-state index in [1.807, 2.05) is 0 Å². The lowest BCUT2D eigenvalue weighted by Crippen LogP contribution is -1.97. The summed E-state index contributed by atoms with van der Waals surface area (Å²) in [5.74, 6) is -0.233. The van der Waals surface area contributed by atoms with Crippen LogP contribution in [0.2, 0.25) is 0 Å². The second-order valence-corrected chi connectivity index (χ2v) is 2.78. The molecule has 0 saturated heterocycles. The molecular weight excluding hydrogens is 152 g/mol. The highest BCUT2D eigenvalue weighted by Gasteiger charge is 1.98. The smallest absolute Gasteiger partial charge is 0.330 e. The molecule has 0 aromatic carbocycles. The van der Waals surface area contributed by atoms with Crippen LogP contribution >= 0.6 is 0 Å². The van der Waals surface area contributed by atoms with Crippen molar-refractivity contribution in [2.24, 2.45) is 0 Å². The summed E-state index contributed by atoms with van der Waals surface area (Å²) in [4.78, 5) is 10.8. The third-order valence-corrected chi connectivity index (χ3v) is 1.83. The van der Waals surface area contributed by atoms with Gasteiger partial charge in [-0.25, -0.2) is 4.79 Å². The van der Waals surface area contributed by atoms with Gasteiger partial charge in [0.15, 0.2) is 0 Å². The zero-order valence-electron chi connectivity index (χ0n) is 8.22. The fourth-order valence-electron chi connectivity index (χ4n) is 0.980. The van der Waals surface area contributed by atoms with Crippen LogP contribution in [0.1, 0.15) is 39.5 Å². The van der Waals surface area contributed by atoms with Crippen LogP contribution in [0.3, 0.4) is 0 Å². The minimum atomic E-state index is -0.233. The maximum atomic E-state index is 10.8. The third-order valence-electron chi connectivity index (χ3n) is 1.83. The minimum Gasteiger partial charge on any atom is -0.466 e. The van der Waals surface area contributed by atoms with E-state index in [-0.39, 0.29) is 5.97 Å². The Bertz CT molecular complexity index is 159. The molecule has 0 fully saturated rings. The van der Waals surface area contributed by atoms with Gasteiger partial charge in [-0.15, -0.1) is 0 Å². The van der Waals surface area contributed by atoms with Crippen LogP contribution in [0.4, 0.5) is 0 Å². The molecule has 0 aliphatic carbocycles. The monoisotopic (exact) mass is 170 g/mol. The standard InChI is InChI=1S/C10H18O2/c1-4-6-7-9(5-2)8-10(11)12-3/h8H,4-7H2,1-3H3/b9-8+. The van der Waals surface area contributed by atoms with Gasteiger partial charge < -0.3 is 4.74 Å². The maximum Gasteiger partial charge on any atom is 0.330 e. The number of esters is 1. The van der Waals surface area contributed by atoms with Crippen LogP contribution in [0.15, 0.2) is 11.6 Å². The molecule has 0 aromatic rings. The lowest BCUT2D eigenvalue weighted by molar-refractivity contribution is -0.134. The second-order valence-electron chi connectivity index (χ2n) is 2.78.